The van der Waals surface area contributed by atoms with Crippen LogP contribution in [-0.4, -0.2) is 36.5 Å². The Morgan fingerprint density at radius 2 is 2.05 bits per heavy atom. The molecule has 1 unspecified atom stereocenters. The van der Waals surface area contributed by atoms with Crippen molar-refractivity contribution in [1.82, 2.24) is 0 Å². The Balaban J connectivity index is 2.30. The van der Waals surface area contributed by atoms with Gasteiger partial charge in [-0.25, -0.2) is 4.79 Å². The van der Waals surface area contributed by atoms with Gasteiger partial charge in [0.05, 0.1) is 18.3 Å². The van der Waals surface area contributed by atoms with Crippen LogP contribution in [0.5, 0.6) is 0 Å². The third kappa shape index (κ3) is 6.53. The zero-order valence-electron chi connectivity index (χ0n) is 13.2. The fourth-order valence-electron chi connectivity index (χ4n) is 2.35. The van der Waals surface area contributed by atoms with Gasteiger partial charge in [0.25, 0.3) is 0 Å². The van der Waals surface area contributed by atoms with Gasteiger partial charge in [0.1, 0.15) is 5.60 Å². The van der Waals surface area contributed by atoms with Crippen LogP contribution in [0.3, 0.4) is 0 Å². The maximum Gasteiger partial charge on any atom is 0.330 e. The van der Waals surface area contributed by atoms with Crippen molar-refractivity contribution in [3.63, 3.8) is 0 Å². The molecular formula is C16H28O4. The molecule has 20 heavy (non-hydrogen) atoms. The van der Waals surface area contributed by atoms with Crippen molar-refractivity contribution in [2.45, 2.75) is 70.7 Å². The van der Waals surface area contributed by atoms with Crippen molar-refractivity contribution in [2.24, 2.45) is 0 Å². The molecule has 0 aromatic heterocycles. The highest BCUT2D eigenvalue weighted by atomic mass is 16.6. The van der Waals surface area contributed by atoms with Crippen molar-refractivity contribution in [3.05, 3.63) is 12.7 Å². The van der Waals surface area contributed by atoms with Gasteiger partial charge in [0.15, 0.2) is 0 Å². The van der Waals surface area contributed by atoms with E-state index in [2.05, 4.69) is 20.4 Å². The molecule has 0 aromatic rings. The van der Waals surface area contributed by atoms with Crippen molar-refractivity contribution in [3.8, 4) is 0 Å². The highest BCUT2D eigenvalue weighted by Gasteiger charge is 2.28. The summed E-state index contributed by atoms with van der Waals surface area (Å²) in [6.07, 6.45) is 5.32. The van der Waals surface area contributed by atoms with Gasteiger partial charge in [0.2, 0.25) is 0 Å². The monoisotopic (exact) mass is 284 g/mol. The summed E-state index contributed by atoms with van der Waals surface area (Å²) in [6, 6.07) is 0. The summed E-state index contributed by atoms with van der Waals surface area (Å²) < 4.78 is 16.9. The average molecular weight is 284 g/mol. The lowest BCUT2D eigenvalue weighted by Gasteiger charge is -2.30. The summed E-state index contributed by atoms with van der Waals surface area (Å²) in [4.78, 5) is 11.2. The fourth-order valence-corrected chi connectivity index (χ4v) is 2.35. The number of carbonyl (C=O) groups excluding carboxylic acids is 1. The minimum absolute atomic E-state index is 0.215. The normalized spacial score (nSPS) is 19.9. The van der Waals surface area contributed by atoms with Crippen LogP contribution in [-0.2, 0) is 19.0 Å². The minimum Gasteiger partial charge on any atom is -0.456 e. The van der Waals surface area contributed by atoms with Crippen LogP contribution < -0.4 is 0 Å². The molecule has 0 spiro atoms. The van der Waals surface area contributed by atoms with Gasteiger partial charge >= 0.3 is 5.97 Å². The van der Waals surface area contributed by atoms with Crippen molar-refractivity contribution >= 4 is 5.97 Å². The molecule has 1 aliphatic rings. The molecule has 1 aliphatic heterocycles. The predicted molar refractivity (Wildman–Crippen MR) is 78.6 cm³/mol. The predicted octanol–water partition coefficient (Wildman–Crippen LogP) is 3.25. The van der Waals surface area contributed by atoms with Crippen molar-refractivity contribution in [2.75, 3.05) is 13.2 Å². The second-order valence-corrected chi connectivity index (χ2v) is 6.58. The third-order valence-corrected chi connectivity index (χ3v) is 3.48. The zero-order chi connectivity index (χ0) is 15.2. The molecule has 0 amide bonds. The molecule has 0 bridgehead atoms. The van der Waals surface area contributed by atoms with Crippen LogP contribution in [0.2, 0.25) is 0 Å². The van der Waals surface area contributed by atoms with E-state index in [0.717, 1.165) is 25.9 Å². The third-order valence-electron chi connectivity index (χ3n) is 3.48. The van der Waals surface area contributed by atoms with Crippen molar-refractivity contribution in [1.29, 1.82) is 0 Å². The topological polar surface area (TPSA) is 44.8 Å². The first-order valence-electron chi connectivity index (χ1n) is 7.35. The Kier molecular flexibility index (Phi) is 6.21. The van der Waals surface area contributed by atoms with E-state index in [-0.39, 0.29) is 5.60 Å². The number of rotatable bonds is 8. The SMILES string of the molecule is C=CC(=O)OC(C)(C)CCOC(C)(C)CC1CCCO1. The number of hydrogen-bond acceptors (Lipinski definition) is 4. The largest absolute Gasteiger partial charge is 0.456 e. The van der Waals surface area contributed by atoms with Gasteiger partial charge in [-0.05, 0) is 40.5 Å². The van der Waals surface area contributed by atoms with Crippen LogP contribution >= 0.6 is 0 Å². The first-order valence-corrected chi connectivity index (χ1v) is 7.35. The van der Waals surface area contributed by atoms with E-state index in [1.165, 1.54) is 6.08 Å². The molecule has 1 fully saturated rings. The van der Waals surface area contributed by atoms with Gasteiger partial charge in [-0.15, -0.1) is 0 Å². The van der Waals surface area contributed by atoms with E-state index in [0.29, 0.717) is 19.1 Å². The molecule has 1 saturated heterocycles. The highest BCUT2D eigenvalue weighted by molar-refractivity contribution is 5.81. The second-order valence-electron chi connectivity index (χ2n) is 6.58. The number of esters is 1. The molecular weight excluding hydrogens is 256 g/mol. The number of carbonyl (C=O) groups is 1. The van der Waals surface area contributed by atoms with Gasteiger partial charge in [-0.1, -0.05) is 6.58 Å². The van der Waals surface area contributed by atoms with Gasteiger partial charge in [-0.3, -0.25) is 0 Å². The van der Waals surface area contributed by atoms with E-state index in [1.807, 2.05) is 13.8 Å². The van der Waals surface area contributed by atoms with Crippen LogP contribution in [0, 0.1) is 0 Å². The molecule has 1 rings (SSSR count). The average Bonchev–Trinajstić information content (AvgIpc) is 2.79. The van der Waals surface area contributed by atoms with Gasteiger partial charge < -0.3 is 14.2 Å². The first-order chi connectivity index (χ1) is 9.24. The summed E-state index contributed by atoms with van der Waals surface area (Å²) in [7, 11) is 0. The van der Waals surface area contributed by atoms with Crippen molar-refractivity contribution < 1.29 is 19.0 Å². The van der Waals surface area contributed by atoms with Crippen LogP contribution in [0.1, 0.15) is 53.4 Å². The maximum atomic E-state index is 11.2. The lowest BCUT2D eigenvalue weighted by molar-refractivity contribution is -0.153. The van der Waals surface area contributed by atoms with Crippen LogP contribution in [0.25, 0.3) is 0 Å². The zero-order valence-corrected chi connectivity index (χ0v) is 13.2. The van der Waals surface area contributed by atoms with Gasteiger partial charge in [-0.2, -0.15) is 0 Å². The molecule has 0 N–H and O–H groups in total. The molecule has 1 heterocycles. The number of ether oxygens (including phenoxy) is 3. The minimum atomic E-state index is -0.536. The lowest BCUT2D eigenvalue weighted by atomic mass is 9.98. The van der Waals surface area contributed by atoms with E-state index in [4.69, 9.17) is 14.2 Å². The Hall–Kier alpha value is -0.870. The summed E-state index contributed by atoms with van der Waals surface area (Å²) in [5.74, 6) is -0.395. The summed E-state index contributed by atoms with van der Waals surface area (Å²) in [5.41, 5.74) is -0.751. The lowest BCUT2D eigenvalue weighted by Crippen LogP contribution is -2.34. The molecule has 4 heteroatoms. The van der Waals surface area contributed by atoms with E-state index < -0.39 is 11.6 Å². The first kappa shape index (κ1) is 17.2. The van der Waals surface area contributed by atoms with Crippen LogP contribution in [0.4, 0.5) is 0 Å². The highest BCUT2D eigenvalue weighted by Crippen LogP contribution is 2.26. The Morgan fingerprint density at radius 1 is 1.35 bits per heavy atom. The summed E-state index contributed by atoms with van der Waals surface area (Å²) >= 11 is 0. The van der Waals surface area contributed by atoms with Gasteiger partial charge in [0, 0.05) is 25.5 Å². The van der Waals surface area contributed by atoms with E-state index >= 15 is 0 Å². The molecule has 0 aliphatic carbocycles. The molecule has 0 saturated carbocycles. The molecule has 4 nitrogen and oxygen atoms in total. The summed E-state index contributed by atoms with van der Waals surface area (Å²) in [5, 5.41) is 0. The Morgan fingerprint density at radius 3 is 2.60 bits per heavy atom. The molecule has 1 atom stereocenters. The smallest absolute Gasteiger partial charge is 0.330 e. The number of hydrogen-bond donors (Lipinski definition) is 0. The maximum absolute atomic E-state index is 11.2. The quantitative estimate of drug-likeness (QED) is 0.507. The molecule has 0 radical (unpaired) electrons. The summed E-state index contributed by atoms with van der Waals surface area (Å²) in [6.45, 7) is 12.7. The van der Waals surface area contributed by atoms with E-state index in [1.54, 1.807) is 0 Å². The van der Waals surface area contributed by atoms with Crippen LogP contribution in [0.15, 0.2) is 12.7 Å². The Labute approximate surface area is 122 Å². The molecule has 116 valence electrons. The molecule has 0 aromatic carbocycles. The van der Waals surface area contributed by atoms with E-state index in [9.17, 15) is 4.79 Å². The standard InChI is InChI=1S/C16H28O4/c1-6-14(17)20-15(2,3)9-11-19-16(4,5)12-13-8-7-10-18-13/h6,13H,1,7-12H2,2-5H3. The Bertz CT molecular complexity index is 327. The fraction of sp³-hybridized carbons (Fsp3) is 0.812. The second kappa shape index (κ2) is 7.23.